The van der Waals surface area contributed by atoms with Gasteiger partial charge in [-0.3, -0.25) is 9.69 Å². The lowest BCUT2D eigenvalue weighted by Gasteiger charge is -2.29. The average Bonchev–Trinajstić information content (AvgIpc) is 3.96. The number of methoxy groups -OCH3 is 1. The fourth-order valence-corrected chi connectivity index (χ4v) is 7.22. The van der Waals surface area contributed by atoms with Crippen molar-refractivity contribution in [2.24, 2.45) is 5.92 Å². The number of nitrogens with one attached hydrogen (secondary N) is 3. The predicted octanol–water partition coefficient (Wildman–Crippen LogP) is 6.12. The normalized spacial score (nSPS) is 19.5. The van der Waals surface area contributed by atoms with Crippen molar-refractivity contribution in [3.63, 3.8) is 0 Å². The summed E-state index contributed by atoms with van der Waals surface area (Å²) in [4.78, 5) is 55.9. The van der Waals surface area contributed by atoms with E-state index in [9.17, 15) is 24.6 Å². The molecule has 5 aromatic rings. The first-order valence-electron chi connectivity index (χ1n) is 17.2. The Kier molecular flexibility index (Phi) is 9.21. The van der Waals surface area contributed by atoms with Crippen molar-refractivity contribution in [2.45, 2.75) is 57.3 Å². The summed E-state index contributed by atoms with van der Waals surface area (Å²) in [6.45, 7) is 4.35. The van der Waals surface area contributed by atoms with Gasteiger partial charge < -0.3 is 35.1 Å². The minimum atomic E-state index is -0.919. The molecule has 0 spiro atoms. The van der Waals surface area contributed by atoms with E-state index in [1.807, 2.05) is 32.0 Å². The maximum atomic E-state index is 13.5. The molecule has 5 N–H and O–H groups in total. The number of hydrogen-bond donors (Lipinski definition) is 5. The number of hydrogen-bond acceptors (Lipinski definition) is 7. The second-order valence-electron chi connectivity index (χ2n) is 13.6. The van der Waals surface area contributed by atoms with Gasteiger partial charge in [-0.25, -0.2) is 19.6 Å². The number of rotatable bonds is 8. The van der Waals surface area contributed by atoms with Crippen LogP contribution in [0.1, 0.15) is 56.8 Å². The van der Waals surface area contributed by atoms with Crippen molar-refractivity contribution in [3.05, 3.63) is 84.7 Å². The molecular weight excluding hydrogens is 650 g/mol. The Morgan fingerprint density at radius 2 is 1.43 bits per heavy atom. The number of alkyl carbamates (subject to hydrolysis) is 1. The predicted molar refractivity (Wildman–Crippen MR) is 190 cm³/mol. The van der Waals surface area contributed by atoms with Gasteiger partial charge in [0.25, 0.3) is 0 Å². The Balaban J connectivity index is 1.05. The van der Waals surface area contributed by atoms with Crippen molar-refractivity contribution in [1.29, 1.82) is 0 Å². The maximum Gasteiger partial charge on any atom is 0.407 e. The molecule has 0 aliphatic carbocycles. The van der Waals surface area contributed by atoms with Gasteiger partial charge in [0, 0.05) is 25.1 Å². The van der Waals surface area contributed by atoms with Crippen LogP contribution in [0.2, 0.25) is 0 Å². The topological polar surface area (TPSA) is 177 Å². The van der Waals surface area contributed by atoms with E-state index in [-0.39, 0.29) is 24.4 Å². The maximum absolute atomic E-state index is 13.5. The molecular formula is C38H41N7O6. The molecule has 3 amide bonds. The number of carbonyl (C=O) groups is 3. The lowest BCUT2D eigenvalue weighted by molar-refractivity contribution is -0.135. The number of likely N-dealkylation sites (tertiary alicyclic amines) is 2. The van der Waals surface area contributed by atoms with Crippen LogP contribution in [-0.4, -0.2) is 90.4 Å². The number of aromatic nitrogens is 4. The third kappa shape index (κ3) is 6.76. The van der Waals surface area contributed by atoms with Crippen LogP contribution in [0.3, 0.4) is 0 Å². The molecule has 51 heavy (non-hydrogen) atoms. The molecule has 264 valence electrons. The summed E-state index contributed by atoms with van der Waals surface area (Å²) in [6, 6.07) is 19.2. The van der Waals surface area contributed by atoms with Gasteiger partial charge in [0.1, 0.15) is 17.7 Å². The third-order valence-electron chi connectivity index (χ3n) is 9.95. The van der Waals surface area contributed by atoms with E-state index in [1.165, 1.54) is 12.0 Å². The summed E-state index contributed by atoms with van der Waals surface area (Å²) in [5.74, 6) is 0.761. The Morgan fingerprint density at radius 3 is 2.08 bits per heavy atom. The number of aliphatic hydroxyl groups excluding tert-OH is 1. The van der Waals surface area contributed by atoms with Crippen LogP contribution in [0.5, 0.6) is 0 Å². The second-order valence-corrected chi connectivity index (χ2v) is 13.6. The lowest BCUT2D eigenvalue weighted by atomic mass is 9.98. The van der Waals surface area contributed by atoms with Crippen molar-refractivity contribution in [2.75, 3.05) is 20.2 Å². The van der Waals surface area contributed by atoms with Gasteiger partial charge in [-0.2, -0.15) is 0 Å². The summed E-state index contributed by atoms with van der Waals surface area (Å²) in [5.41, 5.74) is 5.67. The summed E-state index contributed by atoms with van der Waals surface area (Å²) < 4.78 is 4.72. The number of aliphatic hydroxyl groups is 1. The van der Waals surface area contributed by atoms with Crippen molar-refractivity contribution >= 4 is 28.9 Å². The van der Waals surface area contributed by atoms with Gasteiger partial charge in [0.15, 0.2) is 0 Å². The van der Waals surface area contributed by atoms with Crippen molar-refractivity contribution < 1.29 is 29.3 Å². The van der Waals surface area contributed by atoms with Crippen LogP contribution in [0.25, 0.3) is 44.4 Å². The highest BCUT2D eigenvalue weighted by molar-refractivity contribution is 5.91. The number of carboxylic acid groups (broad SMARTS) is 1. The molecule has 0 radical (unpaired) electrons. The van der Waals surface area contributed by atoms with Crippen molar-refractivity contribution in [3.8, 4) is 33.6 Å². The monoisotopic (exact) mass is 691 g/mol. The summed E-state index contributed by atoms with van der Waals surface area (Å²) in [5, 5.41) is 24.8. The SMILES string of the molecule is COC(=O)NC(C(=O)N1C[C@@H](O)C[C@H]1c1ncc(-c2ccc(-c3ccc4cc(-c5cnc(C6CCCN6C(=O)O)[nH]5)ccc4c3)cc2)[nH]1)C(C)C. The number of β-amino-alcohol motifs (C(OH)–C–C–N with tert-alkyl or cyclic N) is 1. The number of benzene rings is 3. The van der Waals surface area contributed by atoms with E-state index in [1.54, 1.807) is 17.3 Å². The average molecular weight is 692 g/mol. The Morgan fingerprint density at radius 1 is 0.843 bits per heavy atom. The molecule has 0 bridgehead atoms. The zero-order valence-electron chi connectivity index (χ0n) is 28.7. The first-order chi connectivity index (χ1) is 24.6. The summed E-state index contributed by atoms with van der Waals surface area (Å²) in [6.07, 6.45) is 3.11. The molecule has 2 aromatic heterocycles. The number of nitrogens with zero attached hydrogens (tertiary/aromatic N) is 4. The summed E-state index contributed by atoms with van der Waals surface area (Å²) >= 11 is 0. The zero-order valence-corrected chi connectivity index (χ0v) is 28.7. The quantitative estimate of drug-likeness (QED) is 0.129. The first-order valence-corrected chi connectivity index (χ1v) is 17.2. The lowest BCUT2D eigenvalue weighted by Crippen LogP contribution is -2.51. The molecule has 4 heterocycles. The molecule has 13 nitrogen and oxygen atoms in total. The Bertz CT molecular complexity index is 2070. The molecule has 2 fully saturated rings. The second kappa shape index (κ2) is 13.9. The van der Waals surface area contributed by atoms with Crippen LogP contribution in [0, 0.1) is 5.92 Å². The highest BCUT2D eigenvalue weighted by atomic mass is 16.5. The molecule has 2 aliphatic rings. The number of imidazole rings is 2. The third-order valence-corrected chi connectivity index (χ3v) is 9.95. The number of amides is 3. The smallest absolute Gasteiger partial charge is 0.407 e. The van der Waals surface area contributed by atoms with Gasteiger partial charge in [0.2, 0.25) is 5.91 Å². The van der Waals surface area contributed by atoms with E-state index in [2.05, 4.69) is 67.7 Å². The van der Waals surface area contributed by atoms with Gasteiger partial charge in [-0.1, -0.05) is 62.4 Å². The van der Waals surface area contributed by atoms with Gasteiger partial charge in [-0.05, 0) is 58.4 Å². The number of ether oxygens (including phenoxy) is 1. The van der Waals surface area contributed by atoms with E-state index in [4.69, 9.17) is 4.74 Å². The molecule has 4 atom stereocenters. The molecule has 2 aliphatic heterocycles. The number of aromatic amines is 2. The molecule has 0 saturated carbocycles. The molecule has 3 aromatic carbocycles. The minimum Gasteiger partial charge on any atom is -0.465 e. The van der Waals surface area contributed by atoms with Crippen molar-refractivity contribution in [1.82, 2.24) is 35.1 Å². The van der Waals surface area contributed by atoms with E-state index in [0.29, 0.717) is 24.6 Å². The van der Waals surface area contributed by atoms with Gasteiger partial charge in [0.05, 0.1) is 49.1 Å². The molecule has 7 rings (SSSR count). The van der Waals surface area contributed by atoms with E-state index in [0.717, 1.165) is 57.3 Å². The van der Waals surface area contributed by atoms with E-state index < -0.39 is 30.4 Å². The van der Waals surface area contributed by atoms with Crippen LogP contribution >= 0.6 is 0 Å². The van der Waals surface area contributed by atoms with Crippen LogP contribution in [-0.2, 0) is 9.53 Å². The summed E-state index contributed by atoms with van der Waals surface area (Å²) in [7, 11) is 1.25. The van der Waals surface area contributed by atoms with Crippen LogP contribution in [0.4, 0.5) is 9.59 Å². The number of fused-ring (bicyclic) bond motifs is 1. The minimum absolute atomic E-state index is 0.144. The van der Waals surface area contributed by atoms with E-state index >= 15 is 0 Å². The van der Waals surface area contributed by atoms with Crippen LogP contribution in [0.15, 0.2) is 73.1 Å². The largest absolute Gasteiger partial charge is 0.465 e. The Labute approximate surface area is 294 Å². The molecule has 2 unspecified atom stereocenters. The fraction of sp³-hybridized carbons (Fsp3) is 0.342. The Hall–Kier alpha value is -5.69. The standard InChI is InChI=1S/C38H41N7O6/c1-21(2)33(43-37(48)51-3)36(47)45-20-28(46)17-32(45)35-40-18-29(41-35)23-8-6-22(7-9-23)24-10-11-26-16-27(13-12-25(26)15-24)30-19-39-34(42-30)31-5-4-14-44(31)38(49)50/h6-13,15-16,18-19,21,28,31-33,46H,4-5,14,17,20H2,1-3H3,(H,39,42)(H,40,41)(H,43,48)(H,49,50)/t28-,31?,32-,33?/m0/s1. The molecule has 2 saturated heterocycles. The van der Waals surface area contributed by atoms with Crippen LogP contribution < -0.4 is 5.32 Å². The highest BCUT2D eigenvalue weighted by Crippen LogP contribution is 2.35. The zero-order chi connectivity index (χ0) is 35.8. The first kappa shape index (κ1) is 33.8. The highest BCUT2D eigenvalue weighted by Gasteiger charge is 2.41. The number of H-pyrrole nitrogens is 2. The fourth-order valence-electron chi connectivity index (χ4n) is 7.22. The van der Waals surface area contributed by atoms with Gasteiger partial charge in [-0.15, -0.1) is 0 Å². The van der Waals surface area contributed by atoms with Gasteiger partial charge >= 0.3 is 12.2 Å². The molecule has 13 heteroatoms. The number of carbonyl (C=O) groups excluding carboxylic acids is 2.